The average molecular weight is 256 g/mol. The first-order valence-electron chi connectivity index (χ1n) is 5.45. The molecule has 1 aliphatic rings. The SMILES string of the molecule is CC(Cl)C(=O)Nc1cccc(C2OCCO2)c1. The average Bonchev–Trinajstić information content (AvgIpc) is 2.82. The van der Waals surface area contributed by atoms with E-state index in [1.807, 2.05) is 18.2 Å². The highest BCUT2D eigenvalue weighted by atomic mass is 35.5. The van der Waals surface area contributed by atoms with Crippen LogP contribution in [-0.4, -0.2) is 24.5 Å². The van der Waals surface area contributed by atoms with Gasteiger partial charge in [0.15, 0.2) is 6.29 Å². The fourth-order valence-corrected chi connectivity index (χ4v) is 1.61. The van der Waals surface area contributed by atoms with Crippen LogP contribution in [0, 0.1) is 0 Å². The maximum absolute atomic E-state index is 11.4. The second-order valence-electron chi connectivity index (χ2n) is 3.80. The van der Waals surface area contributed by atoms with E-state index in [2.05, 4.69) is 5.32 Å². The van der Waals surface area contributed by atoms with Crippen LogP contribution in [0.4, 0.5) is 5.69 Å². The molecular weight excluding hydrogens is 242 g/mol. The fourth-order valence-electron chi connectivity index (χ4n) is 1.56. The summed E-state index contributed by atoms with van der Waals surface area (Å²) in [6.07, 6.45) is -0.333. The van der Waals surface area contributed by atoms with Crippen molar-refractivity contribution in [2.24, 2.45) is 0 Å². The first-order chi connectivity index (χ1) is 8.16. The number of hydrogen-bond acceptors (Lipinski definition) is 3. The molecule has 1 heterocycles. The second-order valence-corrected chi connectivity index (χ2v) is 4.46. The zero-order chi connectivity index (χ0) is 12.3. The Hall–Kier alpha value is -1.10. The third kappa shape index (κ3) is 3.19. The molecule has 0 saturated carbocycles. The van der Waals surface area contributed by atoms with E-state index in [1.54, 1.807) is 13.0 Å². The molecule has 92 valence electrons. The Balaban J connectivity index is 2.08. The molecule has 1 N–H and O–H groups in total. The fraction of sp³-hybridized carbons (Fsp3) is 0.417. The number of halogens is 1. The molecule has 1 aromatic carbocycles. The standard InChI is InChI=1S/C12H14ClNO3/c1-8(13)11(15)14-10-4-2-3-9(7-10)12-16-5-6-17-12/h2-4,7-8,12H,5-6H2,1H3,(H,14,15). The normalized spacial score (nSPS) is 18.0. The lowest BCUT2D eigenvalue weighted by atomic mass is 10.2. The maximum atomic E-state index is 11.4. The first kappa shape index (κ1) is 12.4. The molecule has 0 spiro atoms. The number of anilines is 1. The number of ether oxygens (including phenoxy) is 2. The summed E-state index contributed by atoms with van der Waals surface area (Å²) in [6, 6.07) is 7.37. The number of amides is 1. The van der Waals surface area contributed by atoms with Crippen molar-refractivity contribution >= 4 is 23.2 Å². The third-order valence-corrected chi connectivity index (χ3v) is 2.61. The van der Waals surface area contributed by atoms with Gasteiger partial charge in [-0.3, -0.25) is 4.79 Å². The number of rotatable bonds is 3. The molecule has 1 aromatic rings. The third-order valence-electron chi connectivity index (χ3n) is 2.41. The molecule has 0 radical (unpaired) electrons. The topological polar surface area (TPSA) is 47.6 Å². The minimum Gasteiger partial charge on any atom is -0.346 e. The molecule has 1 atom stereocenters. The predicted octanol–water partition coefficient (Wildman–Crippen LogP) is 2.30. The molecule has 1 aliphatic heterocycles. The van der Waals surface area contributed by atoms with Crippen molar-refractivity contribution in [1.82, 2.24) is 0 Å². The van der Waals surface area contributed by atoms with Gasteiger partial charge in [-0.1, -0.05) is 12.1 Å². The van der Waals surface area contributed by atoms with Gasteiger partial charge in [0.2, 0.25) is 5.91 Å². The number of alkyl halides is 1. The summed E-state index contributed by atoms with van der Waals surface area (Å²) in [5.74, 6) is -0.225. The van der Waals surface area contributed by atoms with E-state index < -0.39 is 5.38 Å². The Kier molecular flexibility index (Phi) is 3.99. The zero-order valence-corrected chi connectivity index (χ0v) is 10.2. The van der Waals surface area contributed by atoms with Gasteiger partial charge < -0.3 is 14.8 Å². The molecule has 0 bridgehead atoms. The molecule has 5 heteroatoms. The second kappa shape index (κ2) is 5.49. The lowest BCUT2D eigenvalue weighted by molar-refractivity contribution is -0.115. The van der Waals surface area contributed by atoms with Gasteiger partial charge in [-0.25, -0.2) is 0 Å². The van der Waals surface area contributed by atoms with Crippen LogP contribution in [-0.2, 0) is 14.3 Å². The van der Waals surface area contributed by atoms with Gasteiger partial charge in [0.25, 0.3) is 0 Å². The van der Waals surface area contributed by atoms with E-state index in [4.69, 9.17) is 21.1 Å². The molecular formula is C12H14ClNO3. The Morgan fingerprint density at radius 3 is 2.82 bits per heavy atom. The number of carbonyl (C=O) groups excluding carboxylic acids is 1. The minimum absolute atomic E-state index is 0.225. The summed E-state index contributed by atoms with van der Waals surface area (Å²) in [5, 5.41) is 2.17. The van der Waals surface area contributed by atoms with Crippen molar-refractivity contribution in [2.75, 3.05) is 18.5 Å². The molecule has 1 saturated heterocycles. The van der Waals surface area contributed by atoms with Gasteiger partial charge in [0.05, 0.1) is 13.2 Å². The largest absolute Gasteiger partial charge is 0.346 e. The van der Waals surface area contributed by atoms with Gasteiger partial charge >= 0.3 is 0 Å². The van der Waals surface area contributed by atoms with Gasteiger partial charge in [-0.05, 0) is 19.1 Å². The van der Waals surface area contributed by atoms with Crippen LogP contribution in [0.5, 0.6) is 0 Å². The Morgan fingerprint density at radius 1 is 1.47 bits per heavy atom. The Bertz CT molecular complexity index is 402. The quantitative estimate of drug-likeness (QED) is 0.843. The summed E-state index contributed by atoms with van der Waals surface area (Å²) >= 11 is 5.68. The van der Waals surface area contributed by atoms with E-state index in [0.717, 1.165) is 5.56 Å². The number of benzene rings is 1. The highest BCUT2D eigenvalue weighted by Gasteiger charge is 2.18. The minimum atomic E-state index is -0.558. The monoisotopic (exact) mass is 255 g/mol. The number of nitrogens with one attached hydrogen (secondary N) is 1. The summed E-state index contributed by atoms with van der Waals surface area (Å²) in [5.41, 5.74) is 1.58. The van der Waals surface area contributed by atoms with E-state index in [-0.39, 0.29) is 12.2 Å². The van der Waals surface area contributed by atoms with E-state index in [9.17, 15) is 4.79 Å². The summed E-state index contributed by atoms with van der Waals surface area (Å²) in [4.78, 5) is 11.4. The van der Waals surface area contributed by atoms with Crippen molar-refractivity contribution < 1.29 is 14.3 Å². The number of carbonyl (C=O) groups is 1. The predicted molar refractivity (Wildman–Crippen MR) is 65.0 cm³/mol. The van der Waals surface area contributed by atoms with E-state index in [1.165, 1.54) is 0 Å². The molecule has 4 nitrogen and oxygen atoms in total. The van der Waals surface area contributed by atoms with Crippen molar-refractivity contribution in [3.8, 4) is 0 Å². The van der Waals surface area contributed by atoms with Crippen molar-refractivity contribution in [2.45, 2.75) is 18.6 Å². The number of hydrogen-bond donors (Lipinski definition) is 1. The van der Waals surface area contributed by atoms with Gasteiger partial charge in [-0.2, -0.15) is 0 Å². The molecule has 17 heavy (non-hydrogen) atoms. The molecule has 2 rings (SSSR count). The van der Waals surface area contributed by atoms with Gasteiger partial charge in [-0.15, -0.1) is 11.6 Å². The molecule has 0 aliphatic carbocycles. The van der Waals surface area contributed by atoms with Crippen LogP contribution in [0.1, 0.15) is 18.8 Å². The highest BCUT2D eigenvalue weighted by Crippen LogP contribution is 2.25. The smallest absolute Gasteiger partial charge is 0.242 e. The zero-order valence-electron chi connectivity index (χ0n) is 9.48. The first-order valence-corrected chi connectivity index (χ1v) is 5.88. The van der Waals surface area contributed by atoms with Crippen molar-refractivity contribution in [3.05, 3.63) is 29.8 Å². The summed E-state index contributed by atoms with van der Waals surface area (Å²) in [7, 11) is 0. The lowest BCUT2D eigenvalue weighted by Gasteiger charge is -2.12. The van der Waals surface area contributed by atoms with Crippen LogP contribution >= 0.6 is 11.6 Å². The maximum Gasteiger partial charge on any atom is 0.242 e. The molecule has 1 amide bonds. The van der Waals surface area contributed by atoms with Crippen LogP contribution in [0.15, 0.2) is 24.3 Å². The summed E-state index contributed by atoms with van der Waals surface area (Å²) < 4.78 is 10.8. The van der Waals surface area contributed by atoms with Crippen LogP contribution in [0.25, 0.3) is 0 Å². The Labute approximate surface area is 105 Å². The molecule has 1 fully saturated rings. The van der Waals surface area contributed by atoms with Gasteiger partial charge in [0, 0.05) is 11.3 Å². The lowest BCUT2D eigenvalue weighted by Crippen LogP contribution is -2.20. The molecule has 1 unspecified atom stereocenters. The van der Waals surface area contributed by atoms with Gasteiger partial charge in [0.1, 0.15) is 5.38 Å². The van der Waals surface area contributed by atoms with Crippen LogP contribution < -0.4 is 5.32 Å². The van der Waals surface area contributed by atoms with Crippen LogP contribution in [0.2, 0.25) is 0 Å². The van der Waals surface area contributed by atoms with Crippen molar-refractivity contribution in [1.29, 1.82) is 0 Å². The summed E-state index contributed by atoms with van der Waals surface area (Å²) in [6.45, 7) is 2.82. The van der Waals surface area contributed by atoms with Crippen LogP contribution in [0.3, 0.4) is 0 Å². The van der Waals surface area contributed by atoms with E-state index >= 15 is 0 Å². The Morgan fingerprint density at radius 2 is 2.18 bits per heavy atom. The van der Waals surface area contributed by atoms with Crippen molar-refractivity contribution in [3.63, 3.8) is 0 Å². The van der Waals surface area contributed by atoms with E-state index in [0.29, 0.717) is 18.9 Å². The molecule has 0 aromatic heterocycles. The highest BCUT2D eigenvalue weighted by molar-refractivity contribution is 6.32.